The molecule has 0 radical (unpaired) electrons. The first-order valence-electron chi connectivity index (χ1n) is 9.63. The van der Waals surface area contributed by atoms with Crippen molar-refractivity contribution in [2.75, 3.05) is 34.8 Å². The van der Waals surface area contributed by atoms with E-state index in [1.807, 2.05) is 0 Å². The van der Waals surface area contributed by atoms with Crippen molar-refractivity contribution < 1.29 is 17.2 Å². The van der Waals surface area contributed by atoms with Crippen molar-refractivity contribution in [3.63, 3.8) is 0 Å². The minimum atomic E-state index is -4.17. The van der Waals surface area contributed by atoms with Crippen molar-refractivity contribution in [2.24, 2.45) is 0 Å². The zero-order valence-corrected chi connectivity index (χ0v) is 19.6. The van der Waals surface area contributed by atoms with Crippen LogP contribution in [-0.4, -0.2) is 51.6 Å². The van der Waals surface area contributed by atoms with Crippen molar-refractivity contribution >= 4 is 52.1 Å². The third-order valence-corrected chi connectivity index (χ3v) is 7.05. The second-order valence-electron chi connectivity index (χ2n) is 7.63. The van der Waals surface area contributed by atoms with Gasteiger partial charge in [0.2, 0.25) is 0 Å². The minimum Gasteiger partial charge on any atom is -0.309 e. The van der Waals surface area contributed by atoms with E-state index >= 15 is 0 Å². The summed E-state index contributed by atoms with van der Waals surface area (Å²) in [5.41, 5.74) is 0.0943. The van der Waals surface area contributed by atoms with E-state index in [1.165, 1.54) is 10.4 Å². The Hall–Kier alpha value is -1.65. The molecule has 2 aromatic rings. The van der Waals surface area contributed by atoms with E-state index in [0.29, 0.717) is 24.3 Å². The highest BCUT2D eigenvalue weighted by atomic mass is 35.5. The average Bonchev–Trinajstić information content (AvgIpc) is 2.86. The summed E-state index contributed by atoms with van der Waals surface area (Å²) >= 11 is 0. The maximum absolute atomic E-state index is 14.4. The number of hydrogen-bond donors (Lipinski definition) is 1. The first-order chi connectivity index (χ1) is 13.8. The zero-order valence-electron chi connectivity index (χ0n) is 17.2. The predicted molar refractivity (Wildman–Crippen MR) is 124 cm³/mol. The molecular weight excluding hydrogens is 469 g/mol. The number of nitrogens with one attached hydrogen (secondary N) is 1. The van der Waals surface area contributed by atoms with Gasteiger partial charge in [-0.25, -0.2) is 17.4 Å². The summed E-state index contributed by atoms with van der Waals surface area (Å²) in [5.74, 6) is -1.84. The van der Waals surface area contributed by atoms with Gasteiger partial charge in [0.05, 0.1) is 11.4 Å². The summed E-state index contributed by atoms with van der Waals surface area (Å²) in [6, 6.07) is 10.6. The van der Waals surface area contributed by atoms with E-state index in [9.17, 15) is 17.2 Å². The van der Waals surface area contributed by atoms with Crippen LogP contribution in [0.5, 0.6) is 0 Å². The number of para-hydroxylation sites is 3. The molecule has 2 aromatic carbocycles. The van der Waals surface area contributed by atoms with Crippen LogP contribution in [0.15, 0.2) is 42.5 Å². The molecule has 2 heterocycles. The SMILES string of the molecule is CC1CN(CCN2c3ccccc3N(c3c(F)cccc3F)S2(=O)=O)CC(C)N1.Cl.Cl. The molecule has 11 heteroatoms. The largest absolute Gasteiger partial charge is 0.331 e. The molecule has 1 N–H and O–H groups in total. The standard InChI is InChI=1S/C20H24F2N4O2S.2ClH/c1-14-12-24(13-15(2)23-14)10-11-25-18-8-3-4-9-19(18)26(29(25,27)28)20-16(21)6-5-7-17(20)22;;/h3-9,14-15,23H,10-13H2,1-2H3;2*1H. The summed E-state index contributed by atoms with van der Waals surface area (Å²) in [4.78, 5) is 2.20. The van der Waals surface area contributed by atoms with Gasteiger partial charge in [0.25, 0.3) is 0 Å². The smallest absolute Gasteiger partial charge is 0.309 e. The Morgan fingerprint density at radius 1 is 0.903 bits per heavy atom. The lowest BCUT2D eigenvalue weighted by Gasteiger charge is -2.36. The van der Waals surface area contributed by atoms with E-state index in [0.717, 1.165) is 29.5 Å². The molecule has 2 unspecified atom stereocenters. The van der Waals surface area contributed by atoms with Crippen molar-refractivity contribution in [2.45, 2.75) is 25.9 Å². The lowest BCUT2D eigenvalue weighted by Crippen LogP contribution is -2.55. The van der Waals surface area contributed by atoms with Gasteiger partial charge in [0.1, 0.15) is 5.69 Å². The van der Waals surface area contributed by atoms with Crippen LogP contribution in [0, 0.1) is 11.6 Å². The van der Waals surface area contributed by atoms with Crippen molar-refractivity contribution in [3.05, 3.63) is 54.1 Å². The molecule has 0 aliphatic carbocycles. The Morgan fingerprint density at radius 3 is 2.03 bits per heavy atom. The lowest BCUT2D eigenvalue weighted by molar-refractivity contribution is 0.178. The van der Waals surface area contributed by atoms with Crippen LogP contribution in [0.25, 0.3) is 0 Å². The van der Waals surface area contributed by atoms with Gasteiger partial charge in [-0.2, -0.15) is 8.42 Å². The third-order valence-electron chi connectivity index (χ3n) is 5.27. The number of rotatable bonds is 4. The van der Waals surface area contributed by atoms with Gasteiger partial charge < -0.3 is 5.32 Å². The van der Waals surface area contributed by atoms with Gasteiger partial charge in [-0.3, -0.25) is 4.90 Å². The highest BCUT2D eigenvalue weighted by molar-refractivity contribution is 7.95. The fraction of sp³-hybridized carbons (Fsp3) is 0.400. The van der Waals surface area contributed by atoms with E-state index in [1.54, 1.807) is 24.3 Å². The molecular formula is C20H26Cl2F2N4O2S. The van der Waals surface area contributed by atoms with Crippen molar-refractivity contribution in [3.8, 4) is 0 Å². The van der Waals surface area contributed by atoms with Crippen molar-refractivity contribution in [1.29, 1.82) is 0 Å². The molecule has 0 saturated carbocycles. The van der Waals surface area contributed by atoms with Crippen LogP contribution in [0.1, 0.15) is 13.8 Å². The first-order valence-corrected chi connectivity index (χ1v) is 11.0. The van der Waals surface area contributed by atoms with Gasteiger partial charge in [-0.15, -0.1) is 24.8 Å². The monoisotopic (exact) mass is 494 g/mol. The second kappa shape index (κ2) is 9.87. The number of hydrogen-bond acceptors (Lipinski definition) is 4. The van der Waals surface area contributed by atoms with Crippen LogP contribution in [-0.2, 0) is 10.2 Å². The summed E-state index contributed by atoms with van der Waals surface area (Å²) in [6.45, 7) is 6.53. The molecule has 1 saturated heterocycles. The van der Waals surface area contributed by atoms with E-state index in [2.05, 4.69) is 24.1 Å². The summed E-state index contributed by atoms with van der Waals surface area (Å²) in [7, 11) is -4.17. The molecule has 1 fully saturated rings. The molecule has 2 atom stereocenters. The number of halogens is 4. The maximum atomic E-state index is 14.4. The topological polar surface area (TPSA) is 55.9 Å². The molecule has 0 aromatic heterocycles. The molecule has 2 aliphatic heterocycles. The Labute approximate surface area is 194 Å². The first kappa shape index (κ1) is 25.6. The van der Waals surface area contributed by atoms with Gasteiger partial charge in [-0.1, -0.05) is 18.2 Å². The Kier molecular flexibility index (Phi) is 8.15. The number of piperazine rings is 1. The van der Waals surface area contributed by atoms with Crippen LogP contribution < -0.4 is 13.9 Å². The van der Waals surface area contributed by atoms with Gasteiger partial charge in [0.15, 0.2) is 11.6 Å². The summed E-state index contributed by atoms with van der Waals surface area (Å²) in [6.07, 6.45) is 0. The van der Waals surface area contributed by atoms with Gasteiger partial charge >= 0.3 is 10.2 Å². The third kappa shape index (κ3) is 4.75. The molecule has 4 rings (SSSR count). The van der Waals surface area contributed by atoms with Crippen molar-refractivity contribution in [1.82, 2.24) is 10.2 Å². The highest BCUT2D eigenvalue weighted by Gasteiger charge is 2.43. The minimum absolute atomic E-state index is 0. The van der Waals surface area contributed by atoms with Gasteiger partial charge in [-0.05, 0) is 38.1 Å². The average molecular weight is 495 g/mol. The highest BCUT2D eigenvalue weighted by Crippen LogP contribution is 2.46. The van der Waals surface area contributed by atoms with Gasteiger partial charge in [0, 0.05) is 38.3 Å². The van der Waals surface area contributed by atoms with Crippen LogP contribution in [0.2, 0.25) is 0 Å². The predicted octanol–water partition coefficient (Wildman–Crippen LogP) is 3.69. The fourth-order valence-electron chi connectivity index (χ4n) is 4.20. The zero-order chi connectivity index (χ0) is 20.8. The quantitative estimate of drug-likeness (QED) is 0.703. The lowest BCUT2D eigenvalue weighted by atomic mass is 10.1. The number of anilines is 3. The van der Waals surface area contributed by atoms with E-state index in [4.69, 9.17) is 0 Å². The molecule has 0 spiro atoms. The van der Waals surface area contributed by atoms with E-state index < -0.39 is 27.5 Å². The molecule has 31 heavy (non-hydrogen) atoms. The fourth-order valence-corrected chi connectivity index (χ4v) is 5.92. The number of benzene rings is 2. The molecule has 0 bridgehead atoms. The molecule has 0 amide bonds. The van der Waals surface area contributed by atoms with Crippen LogP contribution >= 0.6 is 24.8 Å². The Bertz CT molecular complexity index is 998. The summed E-state index contributed by atoms with van der Waals surface area (Å²) < 4.78 is 57.6. The number of nitrogens with zero attached hydrogens (tertiary/aromatic N) is 3. The maximum Gasteiger partial charge on any atom is 0.331 e. The second-order valence-corrected chi connectivity index (χ2v) is 9.33. The van der Waals surface area contributed by atoms with Crippen LogP contribution in [0.3, 0.4) is 0 Å². The number of fused-ring (bicyclic) bond motifs is 1. The Morgan fingerprint density at radius 2 is 1.45 bits per heavy atom. The summed E-state index contributed by atoms with van der Waals surface area (Å²) in [5, 5.41) is 3.44. The van der Waals surface area contributed by atoms with E-state index in [-0.39, 0.29) is 37.0 Å². The molecule has 2 aliphatic rings. The molecule has 172 valence electrons. The Balaban J connectivity index is 0.00000171. The molecule has 6 nitrogen and oxygen atoms in total. The van der Waals surface area contributed by atoms with Crippen LogP contribution in [0.4, 0.5) is 25.8 Å². The normalized spacial score (nSPS) is 22.5.